The lowest BCUT2D eigenvalue weighted by Crippen LogP contribution is -2.12. The fourth-order valence-electron chi connectivity index (χ4n) is 4.20. The van der Waals surface area contributed by atoms with Gasteiger partial charge in [-0.05, 0) is 85.8 Å². The van der Waals surface area contributed by atoms with Gasteiger partial charge in [-0.2, -0.15) is 5.10 Å². The number of rotatable bonds is 11. The van der Waals surface area contributed by atoms with E-state index in [1.165, 1.54) is 30.8 Å². The summed E-state index contributed by atoms with van der Waals surface area (Å²) in [5, 5.41) is 11.5. The van der Waals surface area contributed by atoms with Crippen molar-refractivity contribution in [1.82, 2.24) is 19.1 Å². The van der Waals surface area contributed by atoms with E-state index in [0.29, 0.717) is 13.5 Å². The molecule has 1 aliphatic rings. The van der Waals surface area contributed by atoms with Crippen molar-refractivity contribution in [2.75, 3.05) is 37.2 Å². The van der Waals surface area contributed by atoms with Gasteiger partial charge in [-0.25, -0.2) is 4.31 Å². The van der Waals surface area contributed by atoms with Gasteiger partial charge in [0.15, 0.2) is 0 Å². The number of ether oxygens (including phenoxy) is 1. The lowest BCUT2D eigenvalue weighted by atomic mass is 10.0. The van der Waals surface area contributed by atoms with Crippen LogP contribution in [-0.2, 0) is 11.3 Å². The number of aromatic nitrogens is 3. The first-order valence-corrected chi connectivity index (χ1v) is 13.2. The molecule has 2 N–H and O–H groups in total. The fourth-order valence-corrected chi connectivity index (χ4v) is 5.19. The van der Waals surface area contributed by atoms with E-state index in [1.807, 2.05) is 34.8 Å². The summed E-state index contributed by atoms with van der Waals surface area (Å²) in [6.07, 6.45) is 8.31. The maximum Gasteiger partial charge on any atom is 0.118 e. The Hall–Kier alpha value is -3.33. The van der Waals surface area contributed by atoms with Gasteiger partial charge in [0.25, 0.3) is 0 Å². The third-order valence-electron chi connectivity index (χ3n) is 6.12. The summed E-state index contributed by atoms with van der Waals surface area (Å²) in [4.78, 5) is 5.42. The van der Waals surface area contributed by atoms with Crippen molar-refractivity contribution in [2.24, 2.45) is 0 Å². The SMILES string of the molecule is CCn1cc(-c2cccc(NCOCNc3ccc(SN4CCCC4)cc3)c2)c(-c2ccncc2)n1. The Morgan fingerprint density at radius 2 is 1.64 bits per heavy atom. The van der Waals surface area contributed by atoms with Gasteiger partial charge < -0.3 is 15.4 Å². The molecule has 1 saturated heterocycles. The molecule has 1 aliphatic heterocycles. The zero-order valence-corrected chi connectivity index (χ0v) is 21.4. The van der Waals surface area contributed by atoms with Crippen LogP contribution >= 0.6 is 11.9 Å². The molecule has 186 valence electrons. The van der Waals surface area contributed by atoms with Crippen LogP contribution in [0.2, 0.25) is 0 Å². The highest BCUT2D eigenvalue weighted by Gasteiger charge is 2.14. The molecule has 3 heterocycles. The third kappa shape index (κ3) is 6.26. The molecule has 0 radical (unpaired) electrons. The average Bonchev–Trinajstić information content (AvgIpc) is 3.60. The second-order valence-electron chi connectivity index (χ2n) is 8.66. The number of hydrogen-bond donors (Lipinski definition) is 2. The van der Waals surface area contributed by atoms with E-state index in [9.17, 15) is 0 Å². The van der Waals surface area contributed by atoms with Crippen LogP contribution < -0.4 is 10.6 Å². The second kappa shape index (κ2) is 12.1. The molecular weight excluding hydrogens is 468 g/mol. The monoisotopic (exact) mass is 500 g/mol. The first kappa shape index (κ1) is 24.4. The van der Waals surface area contributed by atoms with Gasteiger partial charge >= 0.3 is 0 Å². The zero-order chi connectivity index (χ0) is 24.6. The smallest absolute Gasteiger partial charge is 0.118 e. The third-order valence-corrected chi connectivity index (χ3v) is 7.23. The summed E-state index contributed by atoms with van der Waals surface area (Å²) in [5.74, 6) is 0. The van der Waals surface area contributed by atoms with Gasteiger partial charge in [-0.15, -0.1) is 0 Å². The second-order valence-corrected chi connectivity index (χ2v) is 9.83. The molecule has 8 heteroatoms. The van der Waals surface area contributed by atoms with E-state index in [-0.39, 0.29) is 0 Å². The van der Waals surface area contributed by atoms with Crippen LogP contribution in [0.3, 0.4) is 0 Å². The van der Waals surface area contributed by atoms with Gasteiger partial charge in [0.2, 0.25) is 0 Å². The summed E-state index contributed by atoms with van der Waals surface area (Å²) in [7, 11) is 0. The van der Waals surface area contributed by atoms with Crippen LogP contribution in [0.4, 0.5) is 11.4 Å². The number of nitrogens with zero attached hydrogens (tertiary/aromatic N) is 4. The summed E-state index contributed by atoms with van der Waals surface area (Å²) in [6.45, 7) is 6.12. The molecular formula is C28H32N6OS. The number of hydrogen-bond acceptors (Lipinski definition) is 7. The highest BCUT2D eigenvalue weighted by molar-refractivity contribution is 7.97. The quantitative estimate of drug-likeness (QED) is 0.145. The minimum Gasteiger partial charge on any atom is -0.363 e. The Morgan fingerprint density at radius 3 is 2.39 bits per heavy atom. The number of benzene rings is 2. The molecule has 0 bridgehead atoms. The minimum absolute atomic E-state index is 0.408. The first-order chi connectivity index (χ1) is 17.8. The summed E-state index contributed by atoms with van der Waals surface area (Å²) in [5.41, 5.74) is 6.28. The van der Waals surface area contributed by atoms with E-state index in [1.54, 1.807) is 12.4 Å². The van der Waals surface area contributed by atoms with Crippen LogP contribution in [0.1, 0.15) is 19.8 Å². The van der Waals surface area contributed by atoms with Gasteiger partial charge in [-0.1, -0.05) is 12.1 Å². The van der Waals surface area contributed by atoms with Gasteiger partial charge in [0.1, 0.15) is 19.2 Å². The van der Waals surface area contributed by atoms with E-state index < -0.39 is 0 Å². The molecule has 5 rings (SSSR count). The molecule has 0 saturated carbocycles. The molecule has 0 aliphatic carbocycles. The molecule has 0 spiro atoms. The van der Waals surface area contributed by atoms with Crippen molar-refractivity contribution in [2.45, 2.75) is 31.2 Å². The van der Waals surface area contributed by atoms with E-state index in [4.69, 9.17) is 9.84 Å². The molecule has 0 atom stereocenters. The fraction of sp³-hybridized carbons (Fsp3) is 0.286. The molecule has 4 aromatic rings. The van der Waals surface area contributed by atoms with Crippen LogP contribution in [0.5, 0.6) is 0 Å². The van der Waals surface area contributed by atoms with Crippen LogP contribution in [0.25, 0.3) is 22.4 Å². The Bertz CT molecular complexity index is 1240. The number of nitrogens with one attached hydrogen (secondary N) is 2. The zero-order valence-electron chi connectivity index (χ0n) is 20.6. The highest BCUT2D eigenvalue weighted by atomic mass is 32.2. The molecule has 0 unspecified atom stereocenters. The molecule has 1 fully saturated rings. The molecule has 2 aromatic heterocycles. The predicted molar refractivity (Wildman–Crippen MR) is 148 cm³/mol. The van der Waals surface area contributed by atoms with Crippen LogP contribution in [0, 0.1) is 0 Å². The normalized spacial score (nSPS) is 13.7. The summed E-state index contributed by atoms with van der Waals surface area (Å²) < 4.78 is 10.2. The van der Waals surface area contributed by atoms with Crippen molar-refractivity contribution >= 4 is 23.3 Å². The lowest BCUT2D eigenvalue weighted by molar-refractivity contribution is 0.172. The minimum atomic E-state index is 0.408. The standard InChI is InChI=1S/C28H32N6OS/c1-2-33-19-27(28(32-33)22-12-14-29-15-13-22)23-6-5-7-25(18-23)31-21-35-20-30-24-8-10-26(11-9-24)36-34-16-3-4-17-34/h5-15,18-19,30-31H,2-4,16-17,20-21H2,1H3. The van der Waals surface area contributed by atoms with Crippen molar-refractivity contribution < 1.29 is 4.74 Å². The van der Waals surface area contributed by atoms with Crippen LogP contribution in [-0.4, -0.2) is 45.6 Å². The predicted octanol–water partition coefficient (Wildman–Crippen LogP) is 6.19. The molecule has 36 heavy (non-hydrogen) atoms. The van der Waals surface area contributed by atoms with Crippen LogP contribution in [0.15, 0.2) is 84.1 Å². The largest absolute Gasteiger partial charge is 0.363 e. The van der Waals surface area contributed by atoms with Crippen molar-refractivity contribution in [3.8, 4) is 22.4 Å². The van der Waals surface area contributed by atoms with E-state index in [2.05, 4.69) is 75.5 Å². The molecule has 7 nitrogen and oxygen atoms in total. The van der Waals surface area contributed by atoms with Gasteiger partial charge in [0, 0.05) is 65.6 Å². The maximum atomic E-state index is 5.78. The number of pyridine rings is 1. The van der Waals surface area contributed by atoms with Gasteiger partial charge in [0.05, 0.1) is 0 Å². The van der Waals surface area contributed by atoms with Crippen molar-refractivity contribution in [3.63, 3.8) is 0 Å². The highest BCUT2D eigenvalue weighted by Crippen LogP contribution is 2.32. The molecule has 0 amide bonds. The molecule has 2 aromatic carbocycles. The summed E-state index contributed by atoms with van der Waals surface area (Å²) in [6, 6.07) is 20.9. The topological polar surface area (TPSA) is 67.2 Å². The van der Waals surface area contributed by atoms with Gasteiger partial charge in [-0.3, -0.25) is 9.67 Å². The summed E-state index contributed by atoms with van der Waals surface area (Å²) >= 11 is 1.85. The van der Waals surface area contributed by atoms with Crippen molar-refractivity contribution in [1.29, 1.82) is 0 Å². The Kier molecular flexibility index (Phi) is 8.17. The maximum absolute atomic E-state index is 5.78. The van der Waals surface area contributed by atoms with Crippen molar-refractivity contribution in [3.05, 3.63) is 79.3 Å². The van der Waals surface area contributed by atoms with E-state index in [0.717, 1.165) is 40.3 Å². The number of aryl methyl sites for hydroxylation is 1. The Morgan fingerprint density at radius 1 is 0.889 bits per heavy atom. The van der Waals surface area contributed by atoms with E-state index >= 15 is 0 Å². The average molecular weight is 501 g/mol. The lowest BCUT2D eigenvalue weighted by Gasteiger charge is -2.14. The first-order valence-electron chi connectivity index (χ1n) is 12.5. The Labute approximate surface area is 217 Å². The Balaban J connectivity index is 1.13. The number of anilines is 2.